The summed E-state index contributed by atoms with van der Waals surface area (Å²) < 4.78 is 1.95. The Balaban J connectivity index is 1.58. The summed E-state index contributed by atoms with van der Waals surface area (Å²) in [7, 11) is 4.05. The van der Waals surface area contributed by atoms with E-state index in [2.05, 4.69) is 32.0 Å². The molecule has 0 fully saturated rings. The van der Waals surface area contributed by atoms with Gasteiger partial charge in [-0.3, -0.25) is 9.20 Å². The maximum absolute atomic E-state index is 12.1. The van der Waals surface area contributed by atoms with Crippen LogP contribution in [0.25, 0.3) is 4.96 Å². The molecule has 116 valence electrons. The Hall–Kier alpha value is -1.70. The molecule has 0 bridgehead atoms. The summed E-state index contributed by atoms with van der Waals surface area (Å²) in [5.74, 6) is 0.00725. The highest BCUT2D eigenvalue weighted by Crippen LogP contribution is 2.20. The van der Waals surface area contributed by atoms with Crippen LogP contribution in [0.1, 0.15) is 17.3 Å². The second-order valence-corrected chi connectivity index (χ2v) is 7.00. The zero-order valence-electron chi connectivity index (χ0n) is 12.5. The molecule has 0 radical (unpaired) electrons. The molecule has 7 heteroatoms. The highest BCUT2D eigenvalue weighted by molar-refractivity contribution is 7.15. The number of thiophene rings is 1. The van der Waals surface area contributed by atoms with Crippen molar-refractivity contribution in [1.82, 2.24) is 19.6 Å². The molecule has 1 amide bonds. The van der Waals surface area contributed by atoms with Crippen molar-refractivity contribution in [3.63, 3.8) is 0 Å². The fourth-order valence-corrected chi connectivity index (χ4v) is 3.79. The standard InChI is InChI=1S/C15H18N4OS2/c1-18(2)13(11-3-5-21-10-11)8-16-14(20)7-12-9-19-4-6-22-15(19)17-12/h3-6,9-10,13H,7-8H2,1-2H3,(H,16,20)/t13-/m0/s1. The van der Waals surface area contributed by atoms with Gasteiger partial charge in [-0.25, -0.2) is 4.98 Å². The Morgan fingerprint density at radius 2 is 2.32 bits per heavy atom. The molecule has 0 aliphatic heterocycles. The Bertz CT molecular complexity index is 716. The molecule has 0 saturated heterocycles. The number of likely N-dealkylation sites (N-methyl/N-ethyl adjacent to an activating group) is 1. The Morgan fingerprint density at radius 1 is 1.45 bits per heavy atom. The Morgan fingerprint density at radius 3 is 3.00 bits per heavy atom. The minimum absolute atomic E-state index is 0.00725. The third-order valence-corrected chi connectivity index (χ3v) is 5.00. The van der Waals surface area contributed by atoms with Crippen LogP contribution in [0.3, 0.4) is 0 Å². The molecule has 0 unspecified atom stereocenters. The summed E-state index contributed by atoms with van der Waals surface area (Å²) in [5, 5.41) is 9.18. The van der Waals surface area contributed by atoms with Gasteiger partial charge in [-0.15, -0.1) is 11.3 Å². The van der Waals surface area contributed by atoms with Crippen molar-refractivity contribution in [2.45, 2.75) is 12.5 Å². The first kappa shape index (κ1) is 15.2. The van der Waals surface area contributed by atoms with Crippen molar-refractivity contribution in [3.8, 4) is 0 Å². The number of amides is 1. The molecule has 3 aromatic heterocycles. The first-order chi connectivity index (χ1) is 10.6. The number of rotatable bonds is 6. The summed E-state index contributed by atoms with van der Waals surface area (Å²) in [6.45, 7) is 0.602. The third-order valence-electron chi connectivity index (χ3n) is 3.53. The van der Waals surface area contributed by atoms with E-state index in [9.17, 15) is 4.79 Å². The van der Waals surface area contributed by atoms with Crippen LogP contribution < -0.4 is 5.32 Å². The number of fused-ring (bicyclic) bond motifs is 1. The topological polar surface area (TPSA) is 49.6 Å². The van der Waals surface area contributed by atoms with E-state index in [0.717, 1.165) is 10.7 Å². The van der Waals surface area contributed by atoms with E-state index in [1.165, 1.54) is 5.56 Å². The van der Waals surface area contributed by atoms with E-state index >= 15 is 0 Å². The van der Waals surface area contributed by atoms with Gasteiger partial charge in [0.1, 0.15) is 0 Å². The quantitative estimate of drug-likeness (QED) is 0.753. The maximum atomic E-state index is 12.1. The van der Waals surface area contributed by atoms with Crippen LogP contribution in [0.15, 0.2) is 34.6 Å². The van der Waals surface area contributed by atoms with Gasteiger partial charge < -0.3 is 10.2 Å². The van der Waals surface area contributed by atoms with Crippen LogP contribution in [-0.4, -0.2) is 40.8 Å². The van der Waals surface area contributed by atoms with Gasteiger partial charge in [-0.05, 0) is 36.5 Å². The average molecular weight is 334 g/mol. The highest BCUT2D eigenvalue weighted by Gasteiger charge is 2.16. The molecular weight excluding hydrogens is 316 g/mol. The Kier molecular flexibility index (Phi) is 4.56. The summed E-state index contributed by atoms with van der Waals surface area (Å²) in [6.07, 6.45) is 4.18. The molecule has 1 N–H and O–H groups in total. The van der Waals surface area contributed by atoms with Crippen LogP contribution in [0.4, 0.5) is 0 Å². The predicted molar refractivity (Wildman–Crippen MR) is 90.5 cm³/mol. The molecule has 0 aromatic carbocycles. The van der Waals surface area contributed by atoms with E-state index in [4.69, 9.17) is 0 Å². The third kappa shape index (κ3) is 3.37. The van der Waals surface area contributed by atoms with Gasteiger partial charge in [0.2, 0.25) is 5.91 Å². The SMILES string of the molecule is CN(C)[C@@H](CNC(=O)Cc1cn2ccsc2n1)c1ccsc1. The van der Waals surface area contributed by atoms with Crippen molar-refractivity contribution in [3.05, 3.63) is 45.9 Å². The van der Waals surface area contributed by atoms with E-state index in [1.807, 2.05) is 36.3 Å². The van der Waals surface area contributed by atoms with Gasteiger partial charge in [0, 0.05) is 24.3 Å². The second kappa shape index (κ2) is 6.60. The number of nitrogens with one attached hydrogen (secondary N) is 1. The van der Waals surface area contributed by atoms with Crippen molar-refractivity contribution >= 4 is 33.5 Å². The van der Waals surface area contributed by atoms with Gasteiger partial charge >= 0.3 is 0 Å². The number of carbonyl (C=O) groups excluding carboxylic acids is 1. The Labute approximate surface area is 137 Å². The van der Waals surface area contributed by atoms with Gasteiger partial charge in [0.25, 0.3) is 0 Å². The average Bonchev–Trinajstić information content (AvgIpc) is 3.14. The normalized spacial score (nSPS) is 12.9. The summed E-state index contributed by atoms with van der Waals surface area (Å²) in [4.78, 5) is 19.6. The first-order valence-corrected chi connectivity index (χ1v) is 8.82. The number of carbonyl (C=O) groups is 1. The lowest BCUT2D eigenvalue weighted by atomic mass is 10.1. The van der Waals surface area contributed by atoms with Crippen LogP contribution in [0.5, 0.6) is 0 Å². The molecule has 0 spiro atoms. The summed E-state index contributed by atoms with van der Waals surface area (Å²) in [6, 6.07) is 2.30. The van der Waals surface area contributed by atoms with E-state index < -0.39 is 0 Å². The molecule has 5 nitrogen and oxygen atoms in total. The number of hydrogen-bond acceptors (Lipinski definition) is 5. The zero-order valence-corrected chi connectivity index (χ0v) is 14.2. The van der Waals surface area contributed by atoms with Gasteiger partial charge in [0.15, 0.2) is 4.96 Å². The lowest BCUT2D eigenvalue weighted by molar-refractivity contribution is -0.120. The van der Waals surface area contributed by atoms with E-state index in [-0.39, 0.29) is 11.9 Å². The maximum Gasteiger partial charge on any atom is 0.226 e. The van der Waals surface area contributed by atoms with Crippen LogP contribution in [0, 0.1) is 0 Å². The molecule has 0 aliphatic carbocycles. The van der Waals surface area contributed by atoms with Crippen molar-refractivity contribution in [1.29, 1.82) is 0 Å². The monoisotopic (exact) mass is 334 g/mol. The van der Waals surface area contributed by atoms with Gasteiger partial charge in [-0.2, -0.15) is 11.3 Å². The molecule has 1 atom stereocenters. The number of thiazole rings is 1. The molecule has 3 rings (SSSR count). The zero-order chi connectivity index (χ0) is 15.5. The smallest absolute Gasteiger partial charge is 0.226 e. The largest absolute Gasteiger partial charge is 0.354 e. The predicted octanol–water partition coefficient (Wildman–Crippen LogP) is 2.42. The van der Waals surface area contributed by atoms with E-state index in [1.54, 1.807) is 22.7 Å². The van der Waals surface area contributed by atoms with Crippen molar-refractivity contribution in [2.75, 3.05) is 20.6 Å². The highest BCUT2D eigenvalue weighted by atomic mass is 32.1. The lowest BCUT2D eigenvalue weighted by Gasteiger charge is -2.23. The molecule has 0 aliphatic rings. The number of aromatic nitrogens is 2. The van der Waals surface area contributed by atoms with Crippen LogP contribution in [0.2, 0.25) is 0 Å². The van der Waals surface area contributed by atoms with Crippen molar-refractivity contribution < 1.29 is 4.79 Å². The second-order valence-electron chi connectivity index (χ2n) is 5.34. The fraction of sp³-hybridized carbons (Fsp3) is 0.333. The molecule has 3 aromatic rings. The molecular formula is C15H18N4OS2. The van der Waals surface area contributed by atoms with Gasteiger partial charge in [-0.1, -0.05) is 0 Å². The minimum Gasteiger partial charge on any atom is -0.354 e. The van der Waals surface area contributed by atoms with Crippen LogP contribution in [-0.2, 0) is 11.2 Å². The number of hydrogen-bond donors (Lipinski definition) is 1. The number of nitrogens with zero attached hydrogens (tertiary/aromatic N) is 3. The van der Waals surface area contributed by atoms with Crippen LogP contribution >= 0.6 is 22.7 Å². The lowest BCUT2D eigenvalue weighted by Crippen LogP contribution is -2.35. The summed E-state index contributed by atoms with van der Waals surface area (Å²) >= 11 is 3.24. The van der Waals surface area contributed by atoms with Gasteiger partial charge in [0.05, 0.1) is 18.2 Å². The first-order valence-electron chi connectivity index (χ1n) is 7.00. The minimum atomic E-state index is 0.00725. The van der Waals surface area contributed by atoms with E-state index in [0.29, 0.717) is 13.0 Å². The van der Waals surface area contributed by atoms with Crippen molar-refractivity contribution in [2.24, 2.45) is 0 Å². The fourth-order valence-electron chi connectivity index (χ4n) is 2.36. The number of imidazole rings is 1. The molecule has 3 heterocycles. The summed E-state index contributed by atoms with van der Waals surface area (Å²) in [5.41, 5.74) is 2.04. The molecule has 22 heavy (non-hydrogen) atoms. The molecule has 0 saturated carbocycles.